The van der Waals surface area contributed by atoms with Gasteiger partial charge in [-0.05, 0) is 19.1 Å². The first-order chi connectivity index (χ1) is 7.91. The molecule has 0 radical (unpaired) electrons. The minimum atomic E-state index is -0.335. The van der Waals surface area contributed by atoms with E-state index in [1.807, 2.05) is 0 Å². The van der Waals surface area contributed by atoms with Crippen LogP contribution in [-0.4, -0.2) is 43.1 Å². The zero-order valence-corrected chi connectivity index (χ0v) is 10.8. The van der Waals surface area contributed by atoms with Crippen molar-refractivity contribution < 1.29 is 14.4 Å². The van der Waals surface area contributed by atoms with E-state index in [4.69, 9.17) is 0 Å². The molecule has 17 heavy (non-hydrogen) atoms. The zero-order chi connectivity index (χ0) is 13.0. The van der Waals surface area contributed by atoms with Crippen LogP contribution < -0.4 is 5.32 Å². The summed E-state index contributed by atoms with van der Waals surface area (Å²) in [5.74, 6) is -0.585. The van der Waals surface area contributed by atoms with Crippen LogP contribution in [0.25, 0.3) is 0 Å². The minimum absolute atomic E-state index is 0.0425. The molecule has 1 rings (SSSR count). The number of amides is 2. The average Bonchev–Trinajstić information content (AvgIpc) is 2.74. The van der Waals surface area contributed by atoms with Crippen molar-refractivity contribution in [2.24, 2.45) is 0 Å². The summed E-state index contributed by atoms with van der Waals surface area (Å²) >= 11 is 1.12. The fourth-order valence-corrected chi connectivity index (χ4v) is 1.87. The largest absolute Gasteiger partial charge is 0.347 e. The van der Waals surface area contributed by atoms with Gasteiger partial charge in [0.25, 0.3) is 5.91 Å². The molecule has 0 aromatic carbocycles. The number of nitrogens with zero attached hydrogens (tertiary/aromatic N) is 1. The number of carbonyl (C=O) groups is 3. The van der Waals surface area contributed by atoms with E-state index in [1.165, 1.54) is 11.8 Å². The van der Waals surface area contributed by atoms with Gasteiger partial charge >= 0.3 is 0 Å². The van der Waals surface area contributed by atoms with Crippen molar-refractivity contribution in [1.29, 1.82) is 0 Å². The molecular formula is C11H14N2O3S. The molecule has 0 aliphatic heterocycles. The van der Waals surface area contributed by atoms with Gasteiger partial charge in [-0.1, -0.05) is 0 Å². The van der Waals surface area contributed by atoms with Crippen molar-refractivity contribution in [3.63, 3.8) is 0 Å². The molecule has 1 N–H and O–H groups in total. The van der Waals surface area contributed by atoms with Crippen molar-refractivity contribution in [2.75, 3.05) is 20.6 Å². The molecule has 0 saturated heterocycles. The highest BCUT2D eigenvalue weighted by Gasteiger charge is 2.12. The monoisotopic (exact) mass is 254 g/mol. The number of hydrogen-bond donors (Lipinski definition) is 1. The Bertz CT molecular complexity index is 451. The van der Waals surface area contributed by atoms with E-state index in [1.54, 1.807) is 26.2 Å². The Labute approximate surface area is 103 Å². The summed E-state index contributed by atoms with van der Waals surface area (Å²) in [5, 5.41) is 2.50. The van der Waals surface area contributed by atoms with Crippen LogP contribution in [0.15, 0.2) is 12.1 Å². The van der Waals surface area contributed by atoms with E-state index in [0.717, 1.165) is 11.3 Å². The first-order valence-electron chi connectivity index (χ1n) is 5.01. The Morgan fingerprint density at radius 1 is 1.24 bits per heavy atom. The first-order valence-corrected chi connectivity index (χ1v) is 5.82. The smallest absolute Gasteiger partial charge is 0.261 e. The number of likely N-dealkylation sites (N-methyl/N-ethyl adjacent to an activating group) is 1. The van der Waals surface area contributed by atoms with Crippen LogP contribution in [0.1, 0.15) is 26.3 Å². The maximum atomic E-state index is 11.6. The maximum absolute atomic E-state index is 11.6. The average molecular weight is 254 g/mol. The number of carbonyl (C=O) groups excluding carboxylic acids is 3. The number of thiophene rings is 1. The van der Waals surface area contributed by atoms with Crippen LogP contribution in [0.2, 0.25) is 0 Å². The molecule has 0 unspecified atom stereocenters. The van der Waals surface area contributed by atoms with Gasteiger partial charge in [-0.15, -0.1) is 11.3 Å². The van der Waals surface area contributed by atoms with E-state index < -0.39 is 0 Å². The van der Waals surface area contributed by atoms with Gasteiger partial charge in [-0.2, -0.15) is 0 Å². The third-order valence-corrected chi connectivity index (χ3v) is 3.26. The maximum Gasteiger partial charge on any atom is 0.261 e. The van der Waals surface area contributed by atoms with E-state index >= 15 is 0 Å². The topological polar surface area (TPSA) is 66.5 Å². The number of Topliss-reactive ketones (excluding diaryl/α,β-unsaturated/α-hetero) is 1. The molecule has 0 bridgehead atoms. The fraction of sp³-hybridized carbons (Fsp3) is 0.364. The minimum Gasteiger partial charge on any atom is -0.347 e. The number of ketones is 1. The summed E-state index contributed by atoms with van der Waals surface area (Å²) in [4.78, 5) is 36.3. The Morgan fingerprint density at radius 3 is 2.29 bits per heavy atom. The predicted octanol–water partition coefficient (Wildman–Crippen LogP) is 0.769. The Morgan fingerprint density at radius 2 is 1.82 bits per heavy atom. The van der Waals surface area contributed by atoms with Crippen molar-refractivity contribution in [2.45, 2.75) is 6.92 Å². The van der Waals surface area contributed by atoms with Gasteiger partial charge in [0.1, 0.15) is 0 Å². The number of nitrogens with one attached hydrogen (secondary N) is 1. The van der Waals surface area contributed by atoms with E-state index in [9.17, 15) is 14.4 Å². The lowest BCUT2D eigenvalue weighted by molar-refractivity contribution is -0.127. The standard InChI is InChI=1S/C11H14N2O3S/c1-7(14)8-4-5-9(17-8)11(16)12-6-10(15)13(2)3/h4-5H,6H2,1-3H3,(H,12,16). The van der Waals surface area contributed by atoms with Crippen molar-refractivity contribution in [3.8, 4) is 0 Å². The normalized spacial score (nSPS) is 9.82. The van der Waals surface area contributed by atoms with E-state index in [2.05, 4.69) is 5.32 Å². The molecule has 0 aliphatic carbocycles. The summed E-state index contributed by atoms with van der Waals surface area (Å²) < 4.78 is 0. The van der Waals surface area contributed by atoms with Crippen LogP contribution in [0.3, 0.4) is 0 Å². The van der Waals surface area contributed by atoms with Gasteiger partial charge in [-0.25, -0.2) is 0 Å². The summed E-state index contributed by atoms with van der Waals surface area (Å²) in [6.45, 7) is 1.40. The van der Waals surface area contributed by atoms with Gasteiger partial charge < -0.3 is 10.2 Å². The zero-order valence-electron chi connectivity index (χ0n) is 9.94. The summed E-state index contributed by atoms with van der Waals surface area (Å²) in [6, 6.07) is 3.19. The van der Waals surface area contributed by atoms with Crippen LogP contribution in [0, 0.1) is 0 Å². The molecule has 0 atom stereocenters. The van der Waals surface area contributed by atoms with Gasteiger partial charge in [0.15, 0.2) is 5.78 Å². The second-order valence-electron chi connectivity index (χ2n) is 3.69. The molecule has 5 nitrogen and oxygen atoms in total. The van der Waals surface area contributed by atoms with Gasteiger partial charge in [0.05, 0.1) is 16.3 Å². The van der Waals surface area contributed by atoms with Crippen LogP contribution in [0.5, 0.6) is 0 Å². The van der Waals surface area contributed by atoms with Crippen molar-refractivity contribution >= 4 is 28.9 Å². The number of rotatable bonds is 4. The summed E-state index contributed by atoms with van der Waals surface area (Å²) in [7, 11) is 3.24. The van der Waals surface area contributed by atoms with Gasteiger partial charge in [0.2, 0.25) is 5.91 Å². The molecule has 1 aromatic rings. The van der Waals surface area contributed by atoms with E-state index in [-0.39, 0.29) is 24.1 Å². The molecular weight excluding hydrogens is 240 g/mol. The second kappa shape index (κ2) is 5.58. The molecule has 92 valence electrons. The first kappa shape index (κ1) is 13.4. The van der Waals surface area contributed by atoms with Crippen LogP contribution in [0.4, 0.5) is 0 Å². The molecule has 0 saturated carbocycles. The lowest BCUT2D eigenvalue weighted by Gasteiger charge is -2.10. The lowest BCUT2D eigenvalue weighted by atomic mass is 10.3. The Balaban J connectivity index is 2.58. The molecule has 1 heterocycles. The molecule has 0 aliphatic rings. The Kier molecular flexibility index (Phi) is 4.39. The number of hydrogen-bond acceptors (Lipinski definition) is 4. The third-order valence-electron chi connectivity index (χ3n) is 2.08. The lowest BCUT2D eigenvalue weighted by Crippen LogP contribution is -2.35. The summed E-state index contributed by atoms with van der Waals surface area (Å²) in [6.07, 6.45) is 0. The highest BCUT2D eigenvalue weighted by Crippen LogP contribution is 2.16. The third kappa shape index (κ3) is 3.67. The molecule has 6 heteroatoms. The van der Waals surface area contributed by atoms with Crippen molar-refractivity contribution in [3.05, 3.63) is 21.9 Å². The molecule has 0 spiro atoms. The fourth-order valence-electron chi connectivity index (χ4n) is 1.05. The molecule has 0 fully saturated rings. The molecule has 1 aromatic heterocycles. The highest BCUT2D eigenvalue weighted by atomic mass is 32.1. The SMILES string of the molecule is CC(=O)c1ccc(C(=O)NCC(=O)N(C)C)s1. The predicted molar refractivity (Wildman–Crippen MR) is 65.4 cm³/mol. The van der Waals surface area contributed by atoms with Crippen LogP contribution >= 0.6 is 11.3 Å². The Hall–Kier alpha value is -1.69. The van der Waals surface area contributed by atoms with Crippen molar-refractivity contribution in [1.82, 2.24) is 10.2 Å². The second-order valence-corrected chi connectivity index (χ2v) is 4.77. The van der Waals surface area contributed by atoms with Crippen LogP contribution in [-0.2, 0) is 4.79 Å². The molecule has 2 amide bonds. The quantitative estimate of drug-likeness (QED) is 0.807. The van der Waals surface area contributed by atoms with E-state index in [0.29, 0.717) is 9.75 Å². The summed E-state index contributed by atoms with van der Waals surface area (Å²) in [5.41, 5.74) is 0. The highest BCUT2D eigenvalue weighted by molar-refractivity contribution is 7.15. The van der Waals surface area contributed by atoms with Gasteiger partial charge in [0, 0.05) is 14.1 Å². The van der Waals surface area contributed by atoms with Gasteiger partial charge in [-0.3, -0.25) is 14.4 Å².